The average molecular weight is 580 g/mol. The Balaban J connectivity index is 1.49. The summed E-state index contributed by atoms with van der Waals surface area (Å²) >= 11 is 11.0. The maximum absolute atomic E-state index is 13.7. The lowest BCUT2D eigenvalue weighted by Gasteiger charge is -2.18. The molecule has 1 aliphatic rings. The number of carbonyl (C=O) groups excluding carboxylic acids is 1. The lowest BCUT2D eigenvalue weighted by Crippen LogP contribution is -2.32. The summed E-state index contributed by atoms with van der Waals surface area (Å²) in [5.41, 5.74) is 2.94. The number of amides is 1. The first-order valence-electron chi connectivity index (χ1n) is 10.9. The number of rotatable bonds is 4. The summed E-state index contributed by atoms with van der Waals surface area (Å²) in [6, 6.07) is 20.3. The monoisotopic (exact) mass is 578 g/mol. The van der Waals surface area contributed by atoms with Gasteiger partial charge >= 0.3 is 0 Å². The number of anilines is 1. The fourth-order valence-electron chi connectivity index (χ4n) is 4.22. The smallest absolute Gasteiger partial charge is 0.291 e. The quantitative estimate of drug-likeness (QED) is 0.308. The molecule has 0 saturated heterocycles. The van der Waals surface area contributed by atoms with Crippen LogP contribution in [0.2, 0.25) is 5.02 Å². The number of nitrogens with zero attached hydrogens (tertiary/aromatic N) is 4. The van der Waals surface area contributed by atoms with Gasteiger partial charge in [-0.05, 0) is 54.1 Å². The van der Waals surface area contributed by atoms with Crippen LogP contribution in [0.15, 0.2) is 76.0 Å². The van der Waals surface area contributed by atoms with E-state index in [2.05, 4.69) is 26.0 Å². The maximum atomic E-state index is 13.7. The number of benzene rings is 3. The first kappa shape index (κ1) is 22.9. The maximum Gasteiger partial charge on any atom is 0.291 e. The Morgan fingerprint density at radius 2 is 1.83 bits per heavy atom. The molecular formula is C26H16BrClN4O3S. The predicted molar refractivity (Wildman–Crippen MR) is 144 cm³/mol. The van der Waals surface area contributed by atoms with E-state index in [1.165, 1.54) is 4.52 Å². The molecule has 1 aliphatic heterocycles. The van der Waals surface area contributed by atoms with Gasteiger partial charge in [-0.2, -0.15) is 9.50 Å². The Bertz CT molecular complexity index is 1780. The second-order valence-corrected chi connectivity index (χ2v) is 10.4. The summed E-state index contributed by atoms with van der Waals surface area (Å²) in [4.78, 5) is 33.8. The first-order chi connectivity index (χ1) is 17.4. The molecule has 3 aromatic carbocycles. The van der Waals surface area contributed by atoms with Crippen LogP contribution in [0, 0.1) is 0 Å². The molecule has 0 spiro atoms. The Kier molecular flexibility index (Phi) is 5.63. The minimum absolute atomic E-state index is 0.264. The number of halogens is 2. The fraction of sp³-hybridized carbons (Fsp3) is 0.0769. The van der Waals surface area contributed by atoms with Crippen LogP contribution in [0.1, 0.15) is 11.1 Å². The normalized spacial score (nSPS) is 14.5. The zero-order chi connectivity index (χ0) is 25.0. The van der Waals surface area contributed by atoms with Crippen LogP contribution in [0.3, 0.4) is 0 Å². The van der Waals surface area contributed by atoms with E-state index in [0.29, 0.717) is 37.2 Å². The highest BCUT2D eigenvalue weighted by molar-refractivity contribution is 9.10. The van der Waals surface area contributed by atoms with E-state index in [1.54, 1.807) is 18.1 Å². The number of carbonyl (C=O) groups is 1. The topological polar surface area (TPSA) is 76.8 Å². The van der Waals surface area contributed by atoms with Gasteiger partial charge < -0.3 is 9.64 Å². The number of thiazole rings is 1. The molecular weight excluding hydrogens is 564 g/mol. The lowest BCUT2D eigenvalue weighted by molar-refractivity contribution is -0.113. The summed E-state index contributed by atoms with van der Waals surface area (Å²) in [5, 5.41) is 5.00. The molecule has 3 heterocycles. The Labute approximate surface area is 222 Å². The molecule has 1 amide bonds. The zero-order valence-electron chi connectivity index (χ0n) is 18.7. The number of ether oxygens (including phenoxy) is 1. The van der Waals surface area contributed by atoms with Crippen molar-refractivity contribution in [1.82, 2.24) is 14.6 Å². The fourth-order valence-corrected chi connectivity index (χ4v) is 5.78. The molecule has 0 saturated carbocycles. The highest BCUT2D eigenvalue weighted by atomic mass is 79.9. The minimum Gasteiger partial charge on any atom is -0.497 e. The largest absolute Gasteiger partial charge is 0.497 e. The second kappa shape index (κ2) is 8.85. The number of hydrogen-bond donors (Lipinski definition) is 0. The van der Waals surface area contributed by atoms with E-state index < -0.39 is 0 Å². The van der Waals surface area contributed by atoms with Crippen LogP contribution in [-0.4, -0.2) is 27.6 Å². The Morgan fingerprint density at radius 1 is 1.06 bits per heavy atom. The van der Waals surface area contributed by atoms with Gasteiger partial charge in [0.1, 0.15) is 10.3 Å². The molecule has 0 aliphatic carbocycles. The van der Waals surface area contributed by atoms with Gasteiger partial charge in [-0.15, -0.1) is 5.10 Å². The van der Waals surface area contributed by atoms with Crippen LogP contribution >= 0.6 is 38.9 Å². The van der Waals surface area contributed by atoms with Crippen molar-refractivity contribution in [2.45, 2.75) is 6.54 Å². The van der Waals surface area contributed by atoms with E-state index in [9.17, 15) is 9.59 Å². The average Bonchev–Trinajstić information content (AvgIpc) is 3.51. The molecule has 0 bridgehead atoms. The van der Waals surface area contributed by atoms with E-state index in [-0.39, 0.29) is 18.0 Å². The summed E-state index contributed by atoms with van der Waals surface area (Å²) < 4.78 is 7.56. The number of aromatic nitrogens is 3. The van der Waals surface area contributed by atoms with E-state index >= 15 is 0 Å². The third-order valence-corrected chi connectivity index (χ3v) is 7.89. The molecule has 0 fully saturated rings. The number of methoxy groups -OCH3 is 1. The standard InChI is InChI=1S/C26H16BrClN4O3S/c1-35-17-9-6-14(7-10-17)23-29-26-32(30-23)25(34)22(36-26)21-18-12-16(27)8-11-20(18)31(24(21)33)13-15-4-2-3-5-19(15)28/h2-12H,13H2,1H3. The van der Waals surface area contributed by atoms with Crippen LogP contribution in [0.25, 0.3) is 21.9 Å². The summed E-state index contributed by atoms with van der Waals surface area (Å²) in [5.74, 6) is 0.882. The molecule has 10 heteroatoms. The highest BCUT2D eigenvalue weighted by Gasteiger charge is 2.35. The third-order valence-electron chi connectivity index (χ3n) is 6.00. The van der Waals surface area contributed by atoms with Crippen molar-refractivity contribution < 1.29 is 9.53 Å². The third kappa shape index (κ3) is 3.71. The highest BCUT2D eigenvalue weighted by Crippen LogP contribution is 2.38. The number of fused-ring (bicyclic) bond motifs is 2. The number of hydrogen-bond acceptors (Lipinski definition) is 6. The van der Waals surface area contributed by atoms with Crippen molar-refractivity contribution in [3.63, 3.8) is 0 Å². The van der Waals surface area contributed by atoms with Gasteiger partial charge in [0, 0.05) is 20.6 Å². The second-order valence-electron chi connectivity index (χ2n) is 8.11. The minimum atomic E-state index is -0.379. The molecule has 0 N–H and O–H groups in total. The zero-order valence-corrected chi connectivity index (χ0v) is 21.9. The van der Waals surface area contributed by atoms with Crippen LogP contribution in [-0.2, 0) is 11.3 Å². The van der Waals surface area contributed by atoms with Crippen molar-refractivity contribution in [2.24, 2.45) is 0 Å². The van der Waals surface area contributed by atoms with Crippen LogP contribution in [0.5, 0.6) is 5.75 Å². The molecule has 7 nitrogen and oxygen atoms in total. The summed E-state index contributed by atoms with van der Waals surface area (Å²) in [7, 11) is 1.60. The molecule has 178 valence electrons. The van der Waals surface area contributed by atoms with Crippen LogP contribution in [0.4, 0.5) is 5.69 Å². The van der Waals surface area contributed by atoms with Crippen molar-refractivity contribution in [3.8, 4) is 17.1 Å². The molecule has 0 unspecified atom stereocenters. The molecule has 0 radical (unpaired) electrons. The van der Waals surface area contributed by atoms with Crippen LogP contribution < -0.4 is 19.7 Å². The van der Waals surface area contributed by atoms with Gasteiger partial charge in [-0.3, -0.25) is 9.59 Å². The van der Waals surface area contributed by atoms with Gasteiger partial charge in [0.15, 0.2) is 5.82 Å². The molecule has 5 aromatic rings. The summed E-state index contributed by atoms with van der Waals surface area (Å²) in [6.07, 6.45) is 0. The van der Waals surface area contributed by atoms with E-state index in [1.807, 2.05) is 60.7 Å². The van der Waals surface area contributed by atoms with E-state index in [4.69, 9.17) is 16.3 Å². The Morgan fingerprint density at radius 3 is 2.56 bits per heavy atom. The predicted octanol–water partition coefficient (Wildman–Crippen LogP) is 4.71. The van der Waals surface area contributed by atoms with E-state index in [0.717, 1.165) is 32.6 Å². The van der Waals surface area contributed by atoms with Gasteiger partial charge in [0.2, 0.25) is 4.96 Å². The molecule has 36 heavy (non-hydrogen) atoms. The first-order valence-corrected chi connectivity index (χ1v) is 12.9. The molecule has 2 aromatic heterocycles. The SMILES string of the molecule is COc1ccc(-c2nc3sc(=C4C(=O)N(Cc5ccccc5Cl)c5ccc(Br)cc54)c(=O)n3n2)cc1. The Hall–Kier alpha value is -3.53. The molecule has 6 rings (SSSR count). The van der Waals surface area contributed by atoms with Gasteiger partial charge in [-0.25, -0.2) is 0 Å². The van der Waals surface area contributed by atoms with Crippen molar-refractivity contribution in [2.75, 3.05) is 12.0 Å². The van der Waals surface area contributed by atoms with Gasteiger partial charge in [-0.1, -0.05) is 57.1 Å². The van der Waals surface area contributed by atoms with Gasteiger partial charge in [0.05, 0.1) is 24.9 Å². The summed E-state index contributed by atoms with van der Waals surface area (Å²) in [6.45, 7) is 0.285. The van der Waals surface area contributed by atoms with Crippen molar-refractivity contribution in [1.29, 1.82) is 0 Å². The molecule has 0 atom stereocenters. The van der Waals surface area contributed by atoms with Gasteiger partial charge in [0.25, 0.3) is 11.5 Å². The van der Waals surface area contributed by atoms with Crippen molar-refractivity contribution in [3.05, 3.63) is 102 Å². The lowest BCUT2D eigenvalue weighted by atomic mass is 10.1. The van der Waals surface area contributed by atoms with Crippen molar-refractivity contribution >= 4 is 61.0 Å².